The lowest BCUT2D eigenvalue weighted by Crippen LogP contribution is -2.54. The number of carbonyl (C=O) groups excluding carboxylic acids is 1. The van der Waals surface area contributed by atoms with Gasteiger partial charge in [-0.25, -0.2) is 0 Å². The predicted octanol–water partition coefficient (Wildman–Crippen LogP) is -0.134. The Morgan fingerprint density at radius 1 is 1.12 bits per heavy atom. The lowest BCUT2D eigenvalue weighted by atomic mass is 10.1. The maximum Gasteiger partial charge on any atom is 0.237 e. The van der Waals surface area contributed by atoms with Gasteiger partial charge in [-0.05, 0) is 26.7 Å². The molecule has 9 heteroatoms. The first kappa shape index (κ1) is 18.8. The molecular formula is C17H30N8O. The number of amides is 1. The van der Waals surface area contributed by atoms with Crippen LogP contribution in [0.25, 0.3) is 0 Å². The van der Waals surface area contributed by atoms with Gasteiger partial charge in [0.25, 0.3) is 0 Å². The first-order valence-corrected chi connectivity index (χ1v) is 9.32. The smallest absolute Gasteiger partial charge is 0.237 e. The fourth-order valence-electron chi connectivity index (χ4n) is 3.17. The van der Waals surface area contributed by atoms with Crippen LogP contribution >= 0.6 is 0 Å². The average molecular weight is 362 g/mol. The third-order valence-corrected chi connectivity index (χ3v) is 5.18. The summed E-state index contributed by atoms with van der Waals surface area (Å²) in [6, 6.07) is 0.379. The zero-order valence-corrected chi connectivity index (χ0v) is 16.1. The van der Waals surface area contributed by atoms with E-state index in [4.69, 9.17) is 5.73 Å². The van der Waals surface area contributed by atoms with E-state index < -0.39 is 0 Å². The second-order valence-electron chi connectivity index (χ2n) is 7.45. The van der Waals surface area contributed by atoms with Crippen LogP contribution in [-0.2, 0) is 4.79 Å². The molecule has 0 radical (unpaired) electrons. The highest BCUT2D eigenvalue weighted by Gasteiger charge is 2.31. The van der Waals surface area contributed by atoms with Gasteiger partial charge < -0.3 is 16.0 Å². The normalized spacial score (nSPS) is 21.2. The van der Waals surface area contributed by atoms with E-state index in [2.05, 4.69) is 37.0 Å². The molecule has 1 aromatic rings. The van der Waals surface area contributed by atoms with E-state index >= 15 is 0 Å². The van der Waals surface area contributed by atoms with Crippen LogP contribution in [0.5, 0.6) is 0 Å². The number of nitrogens with zero attached hydrogens (tertiary/aromatic N) is 6. The molecule has 2 fully saturated rings. The van der Waals surface area contributed by atoms with Crippen LogP contribution in [0.4, 0.5) is 11.9 Å². The lowest BCUT2D eigenvalue weighted by molar-refractivity contribution is -0.126. The van der Waals surface area contributed by atoms with Gasteiger partial charge in [-0.1, -0.05) is 0 Å². The Bertz CT molecular complexity index is 640. The predicted molar refractivity (Wildman–Crippen MR) is 101 cm³/mol. The molecule has 2 heterocycles. The summed E-state index contributed by atoms with van der Waals surface area (Å²) in [5.74, 6) is 1.65. The fraction of sp³-hybridized carbons (Fsp3) is 0.765. The fourth-order valence-corrected chi connectivity index (χ4v) is 3.17. The van der Waals surface area contributed by atoms with Crippen molar-refractivity contribution >= 4 is 17.8 Å². The molecule has 3 rings (SSSR count). The van der Waals surface area contributed by atoms with Gasteiger partial charge in [-0.15, -0.1) is 0 Å². The molecule has 0 bridgehead atoms. The van der Waals surface area contributed by atoms with Crippen LogP contribution < -0.4 is 16.0 Å². The second kappa shape index (κ2) is 7.71. The molecular weight excluding hydrogens is 332 g/mol. The summed E-state index contributed by atoms with van der Waals surface area (Å²) in [6.07, 6.45) is 2.24. The molecule has 1 saturated heterocycles. The summed E-state index contributed by atoms with van der Waals surface area (Å²) in [5, 5.41) is 3.09. The van der Waals surface area contributed by atoms with E-state index in [1.54, 1.807) is 0 Å². The van der Waals surface area contributed by atoms with E-state index in [0.29, 0.717) is 17.8 Å². The summed E-state index contributed by atoms with van der Waals surface area (Å²) in [6.45, 7) is 7.52. The molecule has 0 spiro atoms. The topological polar surface area (TPSA) is 104 Å². The maximum absolute atomic E-state index is 12.3. The summed E-state index contributed by atoms with van der Waals surface area (Å²) in [4.78, 5) is 31.7. The van der Waals surface area contributed by atoms with Crippen molar-refractivity contribution in [1.82, 2.24) is 30.1 Å². The molecule has 1 aromatic heterocycles. The van der Waals surface area contributed by atoms with Crippen molar-refractivity contribution in [3.05, 3.63) is 5.82 Å². The summed E-state index contributed by atoms with van der Waals surface area (Å²) in [7, 11) is 3.77. The Morgan fingerprint density at radius 3 is 2.31 bits per heavy atom. The van der Waals surface area contributed by atoms with Gasteiger partial charge in [0, 0.05) is 46.3 Å². The molecule has 1 amide bonds. The number of piperazine rings is 1. The van der Waals surface area contributed by atoms with Crippen LogP contribution in [0.3, 0.4) is 0 Å². The Kier molecular flexibility index (Phi) is 5.57. The molecule has 2 aliphatic rings. The minimum Gasteiger partial charge on any atom is -0.368 e. The number of aromatic nitrogens is 3. The number of carbonyl (C=O) groups is 1. The molecule has 26 heavy (non-hydrogen) atoms. The van der Waals surface area contributed by atoms with E-state index in [1.165, 1.54) is 0 Å². The number of nitrogens with one attached hydrogen (secondary N) is 1. The van der Waals surface area contributed by atoms with Gasteiger partial charge in [-0.3, -0.25) is 14.6 Å². The summed E-state index contributed by atoms with van der Waals surface area (Å²) >= 11 is 0. The van der Waals surface area contributed by atoms with Gasteiger partial charge in [0.05, 0.1) is 12.1 Å². The van der Waals surface area contributed by atoms with Crippen LogP contribution in [-0.4, -0.2) is 83.0 Å². The second-order valence-corrected chi connectivity index (χ2v) is 7.45. The highest BCUT2D eigenvalue weighted by atomic mass is 16.2. The van der Waals surface area contributed by atoms with Crippen molar-refractivity contribution < 1.29 is 4.79 Å². The summed E-state index contributed by atoms with van der Waals surface area (Å²) in [5.41, 5.74) is 5.84. The standard InChI is InChI=1S/C17H30N8O/c1-11(14-20-16(18)22-17(21-14)23(3)4)24-7-9-25(10-8-24)12(2)15(26)19-13-5-6-13/h11-13H,5-10H2,1-4H3,(H,19,26)(H2,18,20,21,22)/t11-,12-/m1/s1. The largest absolute Gasteiger partial charge is 0.368 e. The Labute approximate surface area is 155 Å². The van der Waals surface area contributed by atoms with E-state index in [0.717, 1.165) is 39.0 Å². The van der Waals surface area contributed by atoms with Crippen molar-refractivity contribution in [2.24, 2.45) is 0 Å². The molecule has 1 saturated carbocycles. The van der Waals surface area contributed by atoms with Gasteiger partial charge in [0.15, 0.2) is 5.82 Å². The molecule has 2 atom stereocenters. The van der Waals surface area contributed by atoms with Crippen molar-refractivity contribution in [2.45, 2.75) is 44.8 Å². The summed E-state index contributed by atoms with van der Waals surface area (Å²) < 4.78 is 0. The molecule has 9 nitrogen and oxygen atoms in total. The number of nitrogen functional groups attached to an aromatic ring is 1. The first-order valence-electron chi connectivity index (χ1n) is 9.32. The highest BCUT2D eigenvalue weighted by Crippen LogP contribution is 2.22. The Morgan fingerprint density at radius 2 is 1.73 bits per heavy atom. The number of nitrogens with two attached hydrogens (primary N) is 1. The number of hydrogen-bond acceptors (Lipinski definition) is 8. The van der Waals surface area contributed by atoms with Crippen LogP contribution in [0.2, 0.25) is 0 Å². The van der Waals surface area contributed by atoms with Crippen molar-refractivity contribution in [3.63, 3.8) is 0 Å². The zero-order valence-electron chi connectivity index (χ0n) is 16.1. The average Bonchev–Trinajstić information content (AvgIpc) is 3.44. The van der Waals surface area contributed by atoms with Crippen molar-refractivity contribution in [3.8, 4) is 0 Å². The minimum atomic E-state index is -0.0822. The van der Waals surface area contributed by atoms with Crippen LogP contribution in [0.1, 0.15) is 38.6 Å². The molecule has 1 aliphatic heterocycles. The Balaban J connectivity index is 1.58. The van der Waals surface area contributed by atoms with Gasteiger partial charge in [0.1, 0.15) is 0 Å². The number of rotatable bonds is 6. The highest BCUT2D eigenvalue weighted by molar-refractivity contribution is 5.81. The third kappa shape index (κ3) is 4.39. The SMILES string of the molecule is C[C@H](C(=O)NC1CC1)N1CCN([C@H](C)c2nc(N)nc(N(C)C)n2)CC1. The molecule has 3 N–H and O–H groups in total. The zero-order chi connectivity index (χ0) is 18.8. The van der Waals surface area contributed by atoms with E-state index in [1.807, 2.05) is 25.9 Å². The molecule has 0 aromatic carbocycles. The maximum atomic E-state index is 12.3. The molecule has 0 unspecified atom stereocenters. The monoisotopic (exact) mass is 362 g/mol. The van der Waals surface area contributed by atoms with E-state index in [9.17, 15) is 4.79 Å². The third-order valence-electron chi connectivity index (χ3n) is 5.18. The number of hydrogen-bond donors (Lipinski definition) is 2. The Hall–Kier alpha value is -2.00. The first-order chi connectivity index (χ1) is 12.3. The van der Waals surface area contributed by atoms with Crippen molar-refractivity contribution in [2.75, 3.05) is 50.9 Å². The van der Waals surface area contributed by atoms with Crippen LogP contribution in [0, 0.1) is 0 Å². The van der Waals surface area contributed by atoms with Crippen molar-refractivity contribution in [1.29, 1.82) is 0 Å². The van der Waals surface area contributed by atoms with Gasteiger partial charge in [-0.2, -0.15) is 15.0 Å². The van der Waals surface area contributed by atoms with Gasteiger partial charge >= 0.3 is 0 Å². The minimum absolute atomic E-state index is 0.0525. The lowest BCUT2D eigenvalue weighted by Gasteiger charge is -2.39. The van der Waals surface area contributed by atoms with Gasteiger partial charge in [0.2, 0.25) is 17.8 Å². The number of anilines is 2. The molecule has 1 aliphatic carbocycles. The van der Waals surface area contributed by atoms with Crippen LogP contribution in [0.15, 0.2) is 0 Å². The molecule has 144 valence electrons. The quantitative estimate of drug-likeness (QED) is 0.721. The van der Waals surface area contributed by atoms with E-state index in [-0.39, 0.29) is 23.9 Å².